The van der Waals surface area contributed by atoms with Crippen LogP contribution in [-0.2, 0) is 4.74 Å². The van der Waals surface area contributed by atoms with Gasteiger partial charge >= 0.3 is 6.09 Å². The van der Waals surface area contributed by atoms with Crippen LogP contribution in [0.1, 0.15) is 47.1 Å². The fourth-order valence-electron chi connectivity index (χ4n) is 1.75. The maximum absolute atomic E-state index is 12.1. The fourth-order valence-corrected chi connectivity index (χ4v) is 1.75. The van der Waals surface area contributed by atoms with E-state index in [-0.39, 0.29) is 11.6 Å². The van der Waals surface area contributed by atoms with Crippen LogP contribution in [0, 0.1) is 0 Å². The van der Waals surface area contributed by atoms with Gasteiger partial charge < -0.3 is 19.9 Å². The zero-order chi connectivity index (χ0) is 16.8. The monoisotopic (exact) mass is 310 g/mol. The number of carbonyl (C=O) groups is 1. The van der Waals surface area contributed by atoms with Crippen LogP contribution in [0.2, 0.25) is 0 Å². The third kappa shape index (κ3) is 6.15. The number of amides is 1. The zero-order valence-corrected chi connectivity index (χ0v) is 14.0. The Morgan fingerprint density at radius 1 is 1.36 bits per heavy atom. The molecule has 0 aromatic carbocycles. The van der Waals surface area contributed by atoms with Gasteiger partial charge in [-0.2, -0.15) is 0 Å². The van der Waals surface area contributed by atoms with Gasteiger partial charge in [0.15, 0.2) is 5.82 Å². The van der Waals surface area contributed by atoms with Crippen molar-refractivity contribution >= 4 is 11.9 Å². The number of hydrogen-bond acceptors (Lipinski definition) is 5. The molecule has 1 aromatic heterocycles. The normalized spacial score (nSPS) is 11.4. The zero-order valence-electron chi connectivity index (χ0n) is 14.0. The first kappa shape index (κ1) is 18.0. The van der Waals surface area contributed by atoms with E-state index >= 15 is 0 Å². The van der Waals surface area contributed by atoms with Gasteiger partial charge in [-0.25, -0.2) is 9.78 Å². The number of ether oxygens (including phenoxy) is 1. The van der Waals surface area contributed by atoms with Crippen molar-refractivity contribution in [1.29, 1.82) is 0 Å². The molecule has 0 radical (unpaired) electrons. The summed E-state index contributed by atoms with van der Waals surface area (Å²) < 4.78 is 6.75. The van der Waals surface area contributed by atoms with E-state index < -0.39 is 11.7 Å². The van der Waals surface area contributed by atoms with E-state index in [9.17, 15) is 9.59 Å². The highest BCUT2D eigenvalue weighted by molar-refractivity contribution is 5.67. The number of aromatic nitrogens is 2. The molecule has 124 valence electrons. The van der Waals surface area contributed by atoms with Crippen LogP contribution in [0.25, 0.3) is 0 Å². The molecule has 22 heavy (non-hydrogen) atoms. The second kappa shape index (κ2) is 7.82. The summed E-state index contributed by atoms with van der Waals surface area (Å²) in [6.45, 7) is 10.3. The van der Waals surface area contributed by atoms with Gasteiger partial charge in [0, 0.05) is 31.5 Å². The number of alkyl carbamates (subject to hydrolysis) is 1. The summed E-state index contributed by atoms with van der Waals surface area (Å²) in [5.41, 5.74) is -0.643. The lowest BCUT2D eigenvalue weighted by atomic mass is 10.2. The first-order valence-corrected chi connectivity index (χ1v) is 7.48. The van der Waals surface area contributed by atoms with Crippen molar-refractivity contribution in [3.63, 3.8) is 0 Å². The predicted octanol–water partition coefficient (Wildman–Crippen LogP) is 2.15. The molecule has 1 aromatic rings. The molecule has 2 N–H and O–H groups in total. The first-order chi connectivity index (χ1) is 10.2. The molecular formula is C15H26N4O3. The molecule has 0 bridgehead atoms. The van der Waals surface area contributed by atoms with Gasteiger partial charge in [-0.05, 0) is 41.0 Å². The predicted molar refractivity (Wildman–Crippen MR) is 86.2 cm³/mol. The van der Waals surface area contributed by atoms with Gasteiger partial charge in [-0.3, -0.25) is 4.79 Å². The molecule has 0 fully saturated rings. The highest BCUT2D eigenvalue weighted by Gasteiger charge is 2.15. The average Bonchev–Trinajstić information content (AvgIpc) is 2.37. The van der Waals surface area contributed by atoms with Gasteiger partial charge in [0.05, 0.1) is 0 Å². The van der Waals surface area contributed by atoms with Crippen LogP contribution in [-0.4, -0.2) is 34.3 Å². The number of anilines is 1. The van der Waals surface area contributed by atoms with E-state index in [1.54, 1.807) is 17.0 Å². The van der Waals surface area contributed by atoms with Crippen LogP contribution in [0.5, 0.6) is 0 Å². The summed E-state index contributed by atoms with van der Waals surface area (Å²) in [5.74, 6) is 0.327. The Labute approximate surface area is 131 Å². The Hall–Kier alpha value is -2.05. The molecule has 0 saturated heterocycles. The number of nitrogens with one attached hydrogen (secondary N) is 2. The van der Waals surface area contributed by atoms with Crippen molar-refractivity contribution in [3.8, 4) is 0 Å². The standard InChI is InChI=1S/C15H26N4O3/c1-11(2)19-10-9-17-12(13(19)20)16-7-6-8-18-14(21)22-15(3,4)5/h9-11H,6-8H2,1-5H3,(H,16,17)(H,18,21). The maximum atomic E-state index is 12.1. The molecule has 7 heteroatoms. The SMILES string of the molecule is CC(C)n1ccnc(NCCCNC(=O)OC(C)(C)C)c1=O. The summed E-state index contributed by atoms with van der Waals surface area (Å²) in [4.78, 5) is 27.6. The molecule has 0 aliphatic heterocycles. The molecule has 0 unspecified atom stereocenters. The third-order valence-electron chi connectivity index (χ3n) is 2.74. The molecule has 1 amide bonds. The van der Waals surface area contributed by atoms with Gasteiger partial charge in [0.25, 0.3) is 5.56 Å². The summed E-state index contributed by atoms with van der Waals surface area (Å²) in [6, 6.07) is 0.0879. The molecule has 0 aliphatic rings. The van der Waals surface area contributed by atoms with Crippen molar-refractivity contribution in [2.24, 2.45) is 0 Å². The Bertz CT molecular complexity index is 546. The Morgan fingerprint density at radius 2 is 2.05 bits per heavy atom. The lowest BCUT2D eigenvalue weighted by molar-refractivity contribution is 0.0528. The summed E-state index contributed by atoms with van der Waals surface area (Å²) in [6.07, 6.45) is 3.49. The highest BCUT2D eigenvalue weighted by Crippen LogP contribution is 2.06. The second-order valence-electron chi connectivity index (χ2n) is 6.29. The van der Waals surface area contributed by atoms with E-state index in [4.69, 9.17) is 4.74 Å². The van der Waals surface area contributed by atoms with E-state index in [1.807, 2.05) is 34.6 Å². The first-order valence-electron chi connectivity index (χ1n) is 7.48. The van der Waals surface area contributed by atoms with Gasteiger partial charge in [-0.1, -0.05) is 0 Å². The van der Waals surface area contributed by atoms with Crippen molar-refractivity contribution in [2.75, 3.05) is 18.4 Å². The smallest absolute Gasteiger partial charge is 0.407 e. The van der Waals surface area contributed by atoms with Crippen LogP contribution in [0.3, 0.4) is 0 Å². The number of rotatable bonds is 6. The summed E-state index contributed by atoms with van der Waals surface area (Å²) in [5, 5.41) is 5.66. The van der Waals surface area contributed by atoms with Crippen molar-refractivity contribution in [2.45, 2.75) is 52.7 Å². The minimum atomic E-state index is -0.502. The topological polar surface area (TPSA) is 85.2 Å². The minimum Gasteiger partial charge on any atom is -0.444 e. The molecule has 1 rings (SSSR count). The van der Waals surface area contributed by atoms with E-state index in [1.165, 1.54) is 0 Å². The van der Waals surface area contributed by atoms with Crippen LogP contribution in [0.15, 0.2) is 17.2 Å². The molecule has 0 aliphatic carbocycles. The summed E-state index contributed by atoms with van der Waals surface area (Å²) in [7, 11) is 0. The van der Waals surface area contributed by atoms with Crippen molar-refractivity contribution in [3.05, 3.63) is 22.7 Å². The van der Waals surface area contributed by atoms with E-state index in [0.717, 1.165) is 0 Å². The molecule has 1 heterocycles. The highest BCUT2D eigenvalue weighted by atomic mass is 16.6. The Kier molecular flexibility index (Phi) is 6.39. The fraction of sp³-hybridized carbons (Fsp3) is 0.667. The molecule has 7 nitrogen and oxygen atoms in total. The van der Waals surface area contributed by atoms with Crippen LogP contribution in [0.4, 0.5) is 10.6 Å². The quantitative estimate of drug-likeness (QED) is 0.786. The second-order valence-corrected chi connectivity index (χ2v) is 6.29. The van der Waals surface area contributed by atoms with Gasteiger partial charge in [0.2, 0.25) is 0 Å². The van der Waals surface area contributed by atoms with Gasteiger partial charge in [0.1, 0.15) is 5.60 Å². The lowest BCUT2D eigenvalue weighted by Gasteiger charge is -2.19. The minimum absolute atomic E-state index is 0.0879. The Balaban J connectivity index is 2.36. The number of nitrogens with zero attached hydrogens (tertiary/aromatic N) is 2. The molecule has 0 spiro atoms. The molecule has 0 atom stereocenters. The lowest BCUT2D eigenvalue weighted by Crippen LogP contribution is -2.33. The van der Waals surface area contributed by atoms with Crippen LogP contribution >= 0.6 is 0 Å². The molecular weight excluding hydrogens is 284 g/mol. The third-order valence-corrected chi connectivity index (χ3v) is 2.74. The Morgan fingerprint density at radius 3 is 2.64 bits per heavy atom. The van der Waals surface area contributed by atoms with E-state index in [2.05, 4.69) is 15.6 Å². The average molecular weight is 310 g/mol. The molecule has 0 saturated carbocycles. The van der Waals surface area contributed by atoms with Crippen molar-refractivity contribution < 1.29 is 9.53 Å². The largest absolute Gasteiger partial charge is 0.444 e. The maximum Gasteiger partial charge on any atom is 0.407 e. The van der Waals surface area contributed by atoms with Crippen LogP contribution < -0.4 is 16.2 Å². The number of carbonyl (C=O) groups excluding carboxylic acids is 1. The van der Waals surface area contributed by atoms with E-state index in [0.29, 0.717) is 25.3 Å². The number of hydrogen-bond donors (Lipinski definition) is 2. The van der Waals surface area contributed by atoms with Crippen molar-refractivity contribution in [1.82, 2.24) is 14.9 Å². The summed E-state index contributed by atoms with van der Waals surface area (Å²) >= 11 is 0. The van der Waals surface area contributed by atoms with Gasteiger partial charge in [-0.15, -0.1) is 0 Å².